The number of fused-ring (bicyclic) bond motifs is 1. The maximum atomic E-state index is 13.1. The van der Waals surface area contributed by atoms with Crippen LogP contribution >= 0.6 is 0 Å². The average molecular weight is 361 g/mol. The molecule has 7 heteroatoms. The number of nitrogens with one attached hydrogen (secondary N) is 1. The highest BCUT2D eigenvalue weighted by molar-refractivity contribution is 5.93. The van der Waals surface area contributed by atoms with Crippen LogP contribution in [0.1, 0.15) is 5.56 Å². The summed E-state index contributed by atoms with van der Waals surface area (Å²) >= 11 is 0. The van der Waals surface area contributed by atoms with Crippen LogP contribution in [-0.4, -0.2) is 19.7 Å². The third kappa shape index (κ3) is 3.03. The number of hydrogen-bond donors (Lipinski definition) is 1. The zero-order valence-corrected chi connectivity index (χ0v) is 14.8. The van der Waals surface area contributed by atoms with Gasteiger partial charge in [-0.1, -0.05) is 0 Å². The van der Waals surface area contributed by atoms with Crippen molar-refractivity contribution >= 4 is 22.3 Å². The summed E-state index contributed by atoms with van der Waals surface area (Å²) in [5.41, 5.74) is 3.87. The fourth-order valence-electron chi connectivity index (χ4n) is 3.02. The Morgan fingerprint density at radius 2 is 1.89 bits per heavy atom. The van der Waals surface area contributed by atoms with E-state index in [1.54, 1.807) is 43.8 Å². The van der Waals surface area contributed by atoms with Crippen molar-refractivity contribution in [3.8, 4) is 11.3 Å². The van der Waals surface area contributed by atoms with Crippen LogP contribution in [0.5, 0.6) is 0 Å². The van der Waals surface area contributed by atoms with Crippen molar-refractivity contribution in [2.45, 2.75) is 6.92 Å². The van der Waals surface area contributed by atoms with Gasteiger partial charge in [0, 0.05) is 36.1 Å². The minimum absolute atomic E-state index is 0.220. The first-order valence-electron chi connectivity index (χ1n) is 8.33. The van der Waals surface area contributed by atoms with Gasteiger partial charge in [0.05, 0.1) is 11.7 Å². The van der Waals surface area contributed by atoms with E-state index in [-0.39, 0.29) is 11.4 Å². The van der Waals surface area contributed by atoms with Gasteiger partial charge in [0.1, 0.15) is 17.2 Å². The molecule has 0 aliphatic carbocycles. The van der Waals surface area contributed by atoms with Gasteiger partial charge in [-0.25, -0.2) is 4.39 Å². The van der Waals surface area contributed by atoms with Crippen LogP contribution in [0.25, 0.3) is 22.2 Å². The van der Waals surface area contributed by atoms with Gasteiger partial charge in [0.15, 0.2) is 0 Å². The summed E-state index contributed by atoms with van der Waals surface area (Å²) in [6.45, 7) is 1.96. The molecule has 0 fully saturated rings. The molecule has 0 saturated heterocycles. The lowest BCUT2D eigenvalue weighted by molar-refractivity contribution is 0.628. The molecule has 0 aliphatic rings. The molecule has 0 spiro atoms. The van der Waals surface area contributed by atoms with Crippen LogP contribution in [0.15, 0.2) is 59.8 Å². The van der Waals surface area contributed by atoms with Crippen molar-refractivity contribution in [1.29, 1.82) is 0 Å². The minimum atomic E-state index is -0.335. The monoisotopic (exact) mass is 361 g/mol. The Kier molecular flexibility index (Phi) is 4.12. The molecule has 0 radical (unpaired) electrons. The molecule has 4 aromatic rings. The van der Waals surface area contributed by atoms with Gasteiger partial charge in [-0.2, -0.15) is 5.10 Å². The standard InChI is InChI=1S/C20H16FN5O/c1-12-7-8-22-11-16(12)18-19-13(10-23-25-18)9-17(20(27)26(19)2)24-15-5-3-14(21)4-6-15/h3-11,24H,1-2H3. The summed E-state index contributed by atoms with van der Waals surface area (Å²) in [6.07, 6.45) is 5.04. The number of halogens is 1. The summed E-state index contributed by atoms with van der Waals surface area (Å²) < 4.78 is 14.6. The van der Waals surface area contributed by atoms with Crippen molar-refractivity contribution in [2.75, 3.05) is 5.32 Å². The second kappa shape index (κ2) is 6.60. The third-order valence-electron chi connectivity index (χ3n) is 4.44. The fraction of sp³-hybridized carbons (Fsp3) is 0.100. The van der Waals surface area contributed by atoms with Crippen molar-refractivity contribution < 1.29 is 4.39 Å². The van der Waals surface area contributed by atoms with E-state index in [1.807, 2.05) is 13.0 Å². The third-order valence-corrected chi connectivity index (χ3v) is 4.44. The van der Waals surface area contributed by atoms with Crippen molar-refractivity contribution in [2.24, 2.45) is 7.05 Å². The quantitative estimate of drug-likeness (QED) is 0.604. The summed E-state index contributed by atoms with van der Waals surface area (Å²) in [4.78, 5) is 17.0. The van der Waals surface area contributed by atoms with E-state index in [9.17, 15) is 9.18 Å². The van der Waals surface area contributed by atoms with E-state index in [2.05, 4.69) is 20.5 Å². The van der Waals surface area contributed by atoms with Gasteiger partial charge in [-0.3, -0.25) is 9.78 Å². The SMILES string of the molecule is Cc1ccncc1-c1nncc2cc(Nc3ccc(F)cc3)c(=O)n(C)c12. The van der Waals surface area contributed by atoms with Crippen LogP contribution < -0.4 is 10.9 Å². The first-order valence-corrected chi connectivity index (χ1v) is 8.33. The molecule has 3 heterocycles. The predicted octanol–water partition coefficient (Wildman–Crippen LogP) is 3.58. The Labute approximate surface area is 154 Å². The first kappa shape index (κ1) is 16.8. The largest absolute Gasteiger partial charge is 0.351 e. The van der Waals surface area contributed by atoms with E-state index < -0.39 is 0 Å². The molecule has 0 saturated carbocycles. The van der Waals surface area contributed by atoms with Crippen LogP contribution in [0.4, 0.5) is 15.8 Å². The van der Waals surface area contributed by atoms with Crippen molar-refractivity contribution in [1.82, 2.24) is 19.7 Å². The van der Waals surface area contributed by atoms with E-state index in [0.29, 0.717) is 22.6 Å². The molecule has 27 heavy (non-hydrogen) atoms. The lowest BCUT2D eigenvalue weighted by Gasteiger charge is -2.13. The highest BCUT2D eigenvalue weighted by atomic mass is 19.1. The molecule has 134 valence electrons. The minimum Gasteiger partial charge on any atom is -0.351 e. The van der Waals surface area contributed by atoms with Gasteiger partial charge >= 0.3 is 0 Å². The summed E-state index contributed by atoms with van der Waals surface area (Å²) in [7, 11) is 1.69. The molecule has 0 aliphatic heterocycles. The molecule has 1 N–H and O–H groups in total. The zero-order valence-electron chi connectivity index (χ0n) is 14.8. The van der Waals surface area contributed by atoms with E-state index in [1.165, 1.54) is 16.7 Å². The second-order valence-corrected chi connectivity index (χ2v) is 6.24. The molecule has 4 rings (SSSR count). The van der Waals surface area contributed by atoms with Gasteiger partial charge in [0.2, 0.25) is 0 Å². The lowest BCUT2D eigenvalue weighted by atomic mass is 10.1. The Morgan fingerprint density at radius 1 is 1.11 bits per heavy atom. The molecule has 6 nitrogen and oxygen atoms in total. The summed E-state index contributed by atoms with van der Waals surface area (Å²) in [6, 6.07) is 9.44. The molecule has 0 amide bonds. The predicted molar refractivity (Wildman–Crippen MR) is 102 cm³/mol. The average Bonchev–Trinajstić information content (AvgIpc) is 2.67. The number of nitrogens with zero attached hydrogens (tertiary/aromatic N) is 4. The number of anilines is 2. The first-order chi connectivity index (χ1) is 13.0. The van der Waals surface area contributed by atoms with Crippen LogP contribution in [0.3, 0.4) is 0 Å². The topological polar surface area (TPSA) is 72.7 Å². The number of aromatic nitrogens is 4. The molecule has 0 atom stereocenters. The summed E-state index contributed by atoms with van der Waals surface area (Å²) in [5, 5.41) is 12.1. The normalized spacial score (nSPS) is 10.9. The Morgan fingerprint density at radius 3 is 2.63 bits per heavy atom. The molecule has 0 unspecified atom stereocenters. The summed E-state index contributed by atoms with van der Waals surface area (Å²) in [5.74, 6) is -0.335. The van der Waals surface area contributed by atoms with E-state index in [4.69, 9.17) is 0 Å². The van der Waals surface area contributed by atoms with Crippen LogP contribution in [-0.2, 0) is 7.05 Å². The van der Waals surface area contributed by atoms with E-state index in [0.717, 1.165) is 16.5 Å². The molecular weight excluding hydrogens is 345 g/mol. The zero-order chi connectivity index (χ0) is 19.0. The van der Waals surface area contributed by atoms with Gasteiger partial charge in [-0.05, 0) is 48.9 Å². The van der Waals surface area contributed by atoms with Gasteiger partial charge in [-0.15, -0.1) is 5.10 Å². The van der Waals surface area contributed by atoms with Crippen molar-refractivity contribution in [3.05, 3.63) is 76.7 Å². The number of benzene rings is 1. The Balaban J connectivity index is 1.89. The Bertz CT molecular complexity index is 1200. The van der Waals surface area contributed by atoms with Crippen LogP contribution in [0.2, 0.25) is 0 Å². The number of rotatable bonds is 3. The second-order valence-electron chi connectivity index (χ2n) is 6.24. The lowest BCUT2D eigenvalue weighted by Crippen LogP contribution is -2.21. The van der Waals surface area contributed by atoms with Crippen LogP contribution in [0, 0.1) is 12.7 Å². The van der Waals surface area contributed by atoms with Gasteiger partial charge in [0.25, 0.3) is 5.56 Å². The van der Waals surface area contributed by atoms with E-state index >= 15 is 0 Å². The molecular formula is C20H16FN5O. The number of hydrogen-bond acceptors (Lipinski definition) is 5. The number of aryl methyl sites for hydroxylation is 2. The smallest absolute Gasteiger partial charge is 0.274 e. The number of pyridine rings is 2. The molecule has 0 bridgehead atoms. The fourth-order valence-corrected chi connectivity index (χ4v) is 3.02. The molecule has 3 aromatic heterocycles. The van der Waals surface area contributed by atoms with Crippen molar-refractivity contribution in [3.63, 3.8) is 0 Å². The van der Waals surface area contributed by atoms with Gasteiger partial charge < -0.3 is 9.88 Å². The Hall–Kier alpha value is -3.61. The highest BCUT2D eigenvalue weighted by Gasteiger charge is 2.15. The maximum Gasteiger partial charge on any atom is 0.274 e. The maximum absolute atomic E-state index is 13.1. The highest BCUT2D eigenvalue weighted by Crippen LogP contribution is 2.28. The molecule has 1 aromatic carbocycles.